The lowest BCUT2D eigenvalue weighted by Crippen LogP contribution is -2.17. The van der Waals surface area contributed by atoms with E-state index in [0.29, 0.717) is 17.1 Å². The highest BCUT2D eigenvalue weighted by atomic mass is 79.9. The Morgan fingerprint density at radius 1 is 1.21 bits per heavy atom. The van der Waals surface area contributed by atoms with Crippen LogP contribution in [0, 0.1) is 0 Å². The number of carbonyl (C=O) groups is 1. The molecule has 148 valence electrons. The van der Waals surface area contributed by atoms with Crippen LogP contribution < -0.4 is 9.54 Å². The third-order valence-corrected chi connectivity index (χ3v) is 7.61. The van der Waals surface area contributed by atoms with E-state index in [1.807, 2.05) is 29.7 Å². The van der Waals surface area contributed by atoms with Crippen molar-refractivity contribution in [1.82, 2.24) is 4.57 Å². The fourth-order valence-corrected chi connectivity index (χ4v) is 5.83. The average molecular weight is 483 g/mol. The number of methoxy groups -OCH3 is 1. The molecule has 0 radical (unpaired) electrons. The molecule has 2 aromatic carbocycles. The molecule has 1 heterocycles. The fourth-order valence-electron chi connectivity index (χ4n) is 2.75. The minimum absolute atomic E-state index is 0.163. The summed E-state index contributed by atoms with van der Waals surface area (Å²) in [6.07, 6.45) is -0.173. The van der Waals surface area contributed by atoms with Crippen molar-refractivity contribution in [3.05, 3.63) is 51.7 Å². The fraction of sp³-hybridized carbons (Fsp3) is 0.263. The van der Waals surface area contributed by atoms with Crippen molar-refractivity contribution in [1.29, 1.82) is 0 Å². The number of hydrogen-bond donors (Lipinski definition) is 0. The molecule has 0 fully saturated rings. The predicted octanol–water partition coefficient (Wildman–Crippen LogP) is 3.79. The SMILES string of the molecule is CCn1c(=NC(=O)CCS(=O)(=O)c2ccc(OC)cc2)sc2cccc(Br)c21. The largest absolute Gasteiger partial charge is 0.497 e. The van der Waals surface area contributed by atoms with Crippen molar-refractivity contribution < 1.29 is 17.9 Å². The molecule has 9 heteroatoms. The van der Waals surface area contributed by atoms with Crippen LogP contribution in [0.4, 0.5) is 0 Å². The Morgan fingerprint density at radius 3 is 2.57 bits per heavy atom. The number of para-hydroxylation sites is 1. The van der Waals surface area contributed by atoms with Crippen LogP contribution in [0.2, 0.25) is 0 Å². The maximum atomic E-state index is 12.5. The summed E-state index contributed by atoms with van der Waals surface area (Å²) < 4.78 is 33.8. The van der Waals surface area contributed by atoms with Gasteiger partial charge in [0.2, 0.25) is 5.91 Å². The molecule has 1 amide bonds. The monoisotopic (exact) mass is 482 g/mol. The number of fused-ring (bicyclic) bond motifs is 1. The molecule has 0 aliphatic carbocycles. The summed E-state index contributed by atoms with van der Waals surface area (Å²) in [5.74, 6) is -0.172. The summed E-state index contributed by atoms with van der Waals surface area (Å²) in [7, 11) is -2.05. The molecule has 28 heavy (non-hydrogen) atoms. The Bertz CT molecular complexity index is 1180. The first-order chi connectivity index (χ1) is 13.4. The zero-order valence-corrected chi connectivity index (χ0v) is 18.6. The summed E-state index contributed by atoms with van der Waals surface area (Å²) in [5.41, 5.74) is 0.979. The van der Waals surface area contributed by atoms with E-state index in [2.05, 4.69) is 20.9 Å². The summed E-state index contributed by atoms with van der Waals surface area (Å²) in [6, 6.07) is 11.9. The van der Waals surface area contributed by atoms with Gasteiger partial charge in [-0.05, 0) is 59.3 Å². The zero-order chi connectivity index (χ0) is 20.3. The number of benzene rings is 2. The molecule has 0 spiro atoms. The molecule has 0 bridgehead atoms. The van der Waals surface area contributed by atoms with Crippen molar-refractivity contribution in [2.24, 2.45) is 4.99 Å². The number of aromatic nitrogens is 1. The van der Waals surface area contributed by atoms with E-state index >= 15 is 0 Å². The van der Waals surface area contributed by atoms with Crippen molar-refractivity contribution in [3.8, 4) is 5.75 Å². The number of ether oxygens (including phenoxy) is 1. The first-order valence-electron chi connectivity index (χ1n) is 8.58. The Balaban J connectivity index is 1.82. The molecule has 0 atom stereocenters. The van der Waals surface area contributed by atoms with Gasteiger partial charge in [-0.3, -0.25) is 4.79 Å². The van der Waals surface area contributed by atoms with Crippen molar-refractivity contribution in [2.45, 2.75) is 24.8 Å². The maximum Gasteiger partial charge on any atom is 0.249 e. The quantitative estimate of drug-likeness (QED) is 0.535. The Morgan fingerprint density at radius 2 is 1.93 bits per heavy atom. The molecule has 0 saturated carbocycles. The van der Waals surface area contributed by atoms with Crippen LogP contribution >= 0.6 is 27.3 Å². The van der Waals surface area contributed by atoms with Gasteiger partial charge >= 0.3 is 0 Å². The van der Waals surface area contributed by atoms with E-state index in [1.54, 1.807) is 12.1 Å². The summed E-state index contributed by atoms with van der Waals surface area (Å²) in [5, 5.41) is 0. The Kier molecular flexibility index (Phi) is 6.36. The van der Waals surface area contributed by atoms with Crippen molar-refractivity contribution in [3.63, 3.8) is 0 Å². The van der Waals surface area contributed by atoms with Crippen LogP contribution in [0.1, 0.15) is 13.3 Å². The lowest BCUT2D eigenvalue weighted by atomic mass is 10.3. The first-order valence-corrected chi connectivity index (χ1v) is 11.8. The number of carbonyl (C=O) groups excluding carboxylic acids is 1. The molecule has 3 aromatic rings. The Hall–Kier alpha value is -1.97. The molecule has 0 N–H and O–H groups in total. The van der Waals surface area contributed by atoms with E-state index < -0.39 is 15.7 Å². The van der Waals surface area contributed by atoms with Gasteiger partial charge in [0.05, 0.1) is 28.0 Å². The number of amides is 1. The molecular weight excluding hydrogens is 464 g/mol. The number of hydrogen-bond acceptors (Lipinski definition) is 5. The molecule has 1 aromatic heterocycles. The second kappa shape index (κ2) is 8.59. The van der Waals surface area contributed by atoms with Gasteiger partial charge in [0.25, 0.3) is 0 Å². The number of aryl methyl sites for hydroxylation is 1. The standard InChI is InChI=1S/C19H19BrN2O4S2/c1-3-22-18-15(20)5-4-6-16(18)27-19(22)21-17(23)11-12-28(24,25)14-9-7-13(26-2)8-10-14/h4-10H,3,11-12H2,1-2H3. The smallest absolute Gasteiger partial charge is 0.249 e. The minimum Gasteiger partial charge on any atom is -0.497 e. The molecule has 0 aliphatic heterocycles. The number of thiazole rings is 1. The summed E-state index contributed by atoms with van der Waals surface area (Å²) in [6.45, 7) is 2.63. The predicted molar refractivity (Wildman–Crippen MR) is 113 cm³/mol. The second-order valence-electron chi connectivity index (χ2n) is 5.97. The topological polar surface area (TPSA) is 77.7 Å². The van der Waals surface area contributed by atoms with E-state index in [1.165, 1.54) is 30.6 Å². The molecule has 0 aliphatic rings. The highest BCUT2D eigenvalue weighted by Crippen LogP contribution is 2.25. The van der Waals surface area contributed by atoms with Crippen LogP contribution in [0.25, 0.3) is 10.2 Å². The molecule has 0 saturated heterocycles. The van der Waals surface area contributed by atoms with Gasteiger partial charge < -0.3 is 9.30 Å². The minimum atomic E-state index is -3.57. The van der Waals surface area contributed by atoms with E-state index in [9.17, 15) is 13.2 Å². The van der Waals surface area contributed by atoms with Crippen LogP contribution in [0.5, 0.6) is 5.75 Å². The molecule has 0 unspecified atom stereocenters. The van der Waals surface area contributed by atoms with Gasteiger partial charge in [-0.1, -0.05) is 17.4 Å². The van der Waals surface area contributed by atoms with Gasteiger partial charge in [0.1, 0.15) is 5.75 Å². The maximum absolute atomic E-state index is 12.5. The molecule has 6 nitrogen and oxygen atoms in total. The summed E-state index contributed by atoms with van der Waals surface area (Å²) >= 11 is 4.94. The van der Waals surface area contributed by atoms with Crippen LogP contribution in [0.3, 0.4) is 0 Å². The third-order valence-electron chi connectivity index (χ3n) is 4.19. The number of sulfone groups is 1. The Labute approximate surface area is 175 Å². The summed E-state index contributed by atoms with van der Waals surface area (Å²) in [4.78, 5) is 17.2. The third kappa shape index (κ3) is 4.37. The van der Waals surface area contributed by atoms with Gasteiger partial charge in [-0.25, -0.2) is 8.42 Å². The van der Waals surface area contributed by atoms with Crippen LogP contribution in [-0.2, 0) is 21.2 Å². The van der Waals surface area contributed by atoms with Crippen LogP contribution in [-0.4, -0.2) is 31.8 Å². The normalized spacial score (nSPS) is 12.5. The lowest BCUT2D eigenvalue weighted by Gasteiger charge is -2.05. The highest BCUT2D eigenvalue weighted by molar-refractivity contribution is 9.10. The number of rotatable bonds is 6. The molecule has 3 rings (SSSR count). The highest BCUT2D eigenvalue weighted by Gasteiger charge is 2.17. The van der Waals surface area contributed by atoms with Gasteiger partial charge in [-0.15, -0.1) is 0 Å². The van der Waals surface area contributed by atoms with E-state index in [4.69, 9.17) is 4.74 Å². The zero-order valence-electron chi connectivity index (χ0n) is 15.4. The number of halogens is 1. The van der Waals surface area contributed by atoms with Crippen molar-refractivity contribution >= 4 is 53.2 Å². The molecular formula is C19H19BrN2O4S2. The average Bonchev–Trinajstić information content (AvgIpc) is 3.05. The van der Waals surface area contributed by atoms with Gasteiger partial charge in [0.15, 0.2) is 14.6 Å². The van der Waals surface area contributed by atoms with E-state index in [0.717, 1.165) is 14.7 Å². The second-order valence-corrected chi connectivity index (χ2v) is 9.94. The van der Waals surface area contributed by atoms with E-state index in [-0.39, 0.29) is 17.1 Å². The van der Waals surface area contributed by atoms with Gasteiger partial charge in [0, 0.05) is 17.4 Å². The van der Waals surface area contributed by atoms with Crippen molar-refractivity contribution in [2.75, 3.05) is 12.9 Å². The number of nitrogens with zero attached hydrogens (tertiary/aromatic N) is 2. The van der Waals surface area contributed by atoms with Crippen LogP contribution in [0.15, 0.2) is 56.8 Å². The van der Waals surface area contributed by atoms with Gasteiger partial charge in [-0.2, -0.15) is 4.99 Å². The first kappa shape index (κ1) is 20.8. The lowest BCUT2D eigenvalue weighted by molar-refractivity contribution is -0.117.